The van der Waals surface area contributed by atoms with Gasteiger partial charge in [-0.05, 0) is 5.56 Å². The van der Waals surface area contributed by atoms with Gasteiger partial charge in [0.15, 0.2) is 5.71 Å². The molecule has 0 saturated carbocycles. The summed E-state index contributed by atoms with van der Waals surface area (Å²) < 4.78 is 4.69. The summed E-state index contributed by atoms with van der Waals surface area (Å²) in [5, 5.41) is 3.90. The number of carbonyl (C=O) groups is 1. The lowest BCUT2D eigenvalue weighted by molar-refractivity contribution is -0.133. The van der Waals surface area contributed by atoms with Crippen LogP contribution in [0.15, 0.2) is 35.5 Å². The summed E-state index contributed by atoms with van der Waals surface area (Å²) in [4.78, 5) is 16.8. The Labute approximate surface area is 108 Å². The zero-order valence-electron chi connectivity index (χ0n) is 11.3. The minimum atomic E-state index is -0.462. The number of hydrogen-bond acceptors (Lipinski definition) is 4. The molecule has 0 heterocycles. The van der Waals surface area contributed by atoms with Crippen molar-refractivity contribution in [1.82, 2.24) is 0 Å². The van der Waals surface area contributed by atoms with Gasteiger partial charge in [-0.25, -0.2) is 4.79 Å². The topological polar surface area (TPSA) is 47.9 Å². The Morgan fingerprint density at radius 3 is 2.33 bits per heavy atom. The molecule has 0 amide bonds. The highest BCUT2D eigenvalue weighted by atomic mass is 16.6. The van der Waals surface area contributed by atoms with Gasteiger partial charge in [-0.3, -0.25) is 0 Å². The minimum absolute atomic E-state index is 0.279. The summed E-state index contributed by atoms with van der Waals surface area (Å²) in [6.45, 7) is 5.98. The summed E-state index contributed by atoms with van der Waals surface area (Å²) in [6.07, 6.45) is 0. The highest BCUT2D eigenvalue weighted by Gasteiger charge is 2.27. The Hall–Kier alpha value is -1.84. The van der Waals surface area contributed by atoms with Crippen LogP contribution in [0.4, 0.5) is 0 Å². The van der Waals surface area contributed by atoms with Crippen LogP contribution < -0.4 is 0 Å². The van der Waals surface area contributed by atoms with E-state index in [1.807, 2.05) is 51.1 Å². The Morgan fingerprint density at radius 1 is 1.22 bits per heavy atom. The van der Waals surface area contributed by atoms with Crippen LogP contribution in [0.2, 0.25) is 0 Å². The fraction of sp³-hybridized carbons (Fsp3) is 0.429. The van der Waals surface area contributed by atoms with Crippen LogP contribution in [0, 0.1) is 5.41 Å². The summed E-state index contributed by atoms with van der Waals surface area (Å²) in [7, 11) is 1.33. The van der Waals surface area contributed by atoms with E-state index in [1.165, 1.54) is 7.11 Å². The van der Waals surface area contributed by atoms with Crippen LogP contribution in [-0.2, 0) is 21.0 Å². The van der Waals surface area contributed by atoms with Gasteiger partial charge in [-0.1, -0.05) is 56.3 Å². The summed E-state index contributed by atoms with van der Waals surface area (Å²) in [6, 6.07) is 9.65. The monoisotopic (exact) mass is 249 g/mol. The van der Waals surface area contributed by atoms with Crippen LogP contribution in [-0.4, -0.2) is 18.8 Å². The molecule has 4 heteroatoms. The van der Waals surface area contributed by atoms with Crippen LogP contribution >= 0.6 is 0 Å². The van der Waals surface area contributed by atoms with E-state index in [0.29, 0.717) is 6.61 Å². The molecule has 0 N–H and O–H groups in total. The van der Waals surface area contributed by atoms with Gasteiger partial charge in [-0.2, -0.15) is 0 Å². The predicted molar refractivity (Wildman–Crippen MR) is 70.1 cm³/mol. The van der Waals surface area contributed by atoms with E-state index >= 15 is 0 Å². The number of oxime groups is 1. The Bertz CT molecular complexity index is 418. The zero-order chi connectivity index (χ0) is 13.6. The van der Waals surface area contributed by atoms with E-state index in [2.05, 4.69) is 5.16 Å². The molecule has 0 atom stereocenters. The van der Waals surface area contributed by atoms with Gasteiger partial charge in [0.05, 0.1) is 7.11 Å². The van der Waals surface area contributed by atoms with E-state index in [-0.39, 0.29) is 5.71 Å². The molecule has 0 aromatic heterocycles. The first-order valence-corrected chi connectivity index (χ1v) is 5.78. The third-order valence-corrected chi connectivity index (χ3v) is 2.32. The lowest BCUT2D eigenvalue weighted by Crippen LogP contribution is -2.30. The minimum Gasteiger partial charge on any atom is -0.464 e. The molecule has 0 aliphatic rings. The molecule has 0 spiro atoms. The van der Waals surface area contributed by atoms with Crippen molar-refractivity contribution in [1.29, 1.82) is 0 Å². The van der Waals surface area contributed by atoms with Crippen molar-refractivity contribution in [2.24, 2.45) is 10.6 Å². The predicted octanol–water partition coefficient (Wildman–Crippen LogP) is 2.78. The molecule has 1 rings (SSSR count). The maximum absolute atomic E-state index is 11.6. The summed E-state index contributed by atoms with van der Waals surface area (Å²) >= 11 is 0. The maximum Gasteiger partial charge on any atom is 0.356 e. The number of benzene rings is 1. The number of esters is 1. The number of hydrogen-bond donors (Lipinski definition) is 0. The van der Waals surface area contributed by atoms with E-state index in [1.54, 1.807) is 0 Å². The van der Waals surface area contributed by atoms with E-state index in [0.717, 1.165) is 5.56 Å². The van der Waals surface area contributed by atoms with Crippen LogP contribution in [0.3, 0.4) is 0 Å². The molecular formula is C14H19NO3. The fourth-order valence-corrected chi connectivity index (χ4v) is 1.32. The first kappa shape index (κ1) is 14.2. The average Bonchev–Trinajstić information content (AvgIpc) is 2.33. The van der Waals surface area contributed by atoms with Crippen molar-refractivity contribution in [2.75, 3.05) is 7.11 Å². The molecule has 4 nitrogen and oxygen atoms in total. The number of nitrogens with zero attached hydrogens (tertiary/aromatic N) is 1. The van der Waals surface area contributed by atoms with Gasteiger partial charge in [-0.15, -0.1) is 0 Å². The van der Waals surface area contributed by atoms with Gasteiger partial charge in [0.1, 0.15) is 6.61 Å². The van der Waals surface area contributed by atoms with Crippen molar-refractivity contribution in [3.63, 3.8) is 0 Å². The molecule has 0 saturated heterocycles. The van der Waals surface area contributed by atoms with Crippen molar-refractivity contribution < 1.29 is 14.4 Å². The number of rotatable bonds is 4. The summed E-state index contributed by atoms with van der Waals surface area (Å²) in [5.74, 6) is -0.462. The third kappa shape index (κ3) is 4.20. The molecular weight excluding hydrogens is 230 g/mol. The van der Waals surface area contributed by atoms with Crippen LogP contribution in [0.25, 0.3) is 0 Å². The quantitative estimate of drug-likeness (QED) is 0.468. The largest absolute Gasteiger partial charge is 0.464 e. The second kappa shape index (κ2) is 6.19. The lowest BCUT2D eigenvalue weighted by Gasteiger charge is -2.18. The van der Waals surface area contributed by atoms with Crippen molar-refractivity contribution in [3.05, 3.63) is 35.9 Å². The molecule has 0 bridgehead atoms. The normalized spacial score (nSPS) is 12.1. The molecule has 0 aliphatic carbocycles. The van der Waals surface area contributed by atoms with Gasteiger partial charge in [0, 0.05) is 5.41 Å². The Kier molecular flexibility index (Phi) is 4.89. The maximum atomic E-state index is 11.6. The van der Waals surface area contributed by atoms with E-state index in [9.17, 15) is 4.79 Å². The van der Waals surface area contributed by atoms with E-state index in [4.69, 9.17) is 9.57 Å². The van der Waals surface area contributed by atoms with Crippen molar-refractivity contribution in [3.8, 4) is 0 Å². The number of methoxy groups -OCH3 is 1. The summed E-state index contributed by atoms with van der Waals surface area (Å²) in [5.41, 5.74) is 0.865. The molecule has 0 aliphatic heterocycles. The standard InChI is InChI=1S/C14H19NO3/c1-14(2,3)12(13(16)17-4)15-18-10-11-8-6-5-7-9-11/h5-9H,10H2,1-4H3/b15-12-. The first-order valence-electron chi connectivity index (χ1n) is 5.78. The highest BCUT2D eigenvalue weighted by molar-refractivity contribution is 6.38. The molecule has 0 unspecified atom stereocenters. The number of carbonyl (C=O) groups excluding carboxylic acids is 1. The molecule has 18 heavy (non-hydrogen) atoms. The zero-order valence-corrected chi connectivity index (χ0v) is 11.3. The van der Waals surface area contributed by atoms with Crippen molar-refractivity contribution >= 4 is 11.7 Å². The van der Waals surface area contributed by atoms with Gasteiger partial charge in [0.25, 0.3) is 0 Å². The average molecular weight is 249 g/mol. The molecule has 1 aromatic carbocycles. The van der Waals surface area contributed by atoms with Gasteiger partial charge >= 0.3 is 5.97 Å². The van der Waals surface area contributed by atoms with Crippen molar-refractivity contribution in [2.45, 2.75) is 27.4 Å². The smallest absolute Gasteiger partial charge is 0.356 e. The van der Waals surface area contributed by atoms with Gasteiger partial charge < -0.3 is 9.57 Å². The van der Waals surface area contributed by atoms with E-state index < -0.39 is 11.4 Å². The van der Waals surface area contributed by atoms with Crippen LogP contribution in [0.1, 0.15) is 26.3 Å². The molecule has 0 fully saturated rings. The van der Waals surface area contributed by atoms with Gasteiger partial charge in [0.2, 0.25) is 0 Å². The first-order chi connectivity index (χ1) is 8.45. The molecule has 98 valence electrons. The Balaban J connectivity index is 2.70. The lowest BCUT2D eigenvalue weighted by atomic mass is 9.90. The molecule has 0 radical (unpaired) electrons. The second-order valence-electron chi connectivity index (χ2n) is 4.94. The third-order valence-electron chi connectivity index (χ3n) is 2.32. The molecule has 1 aromatic rings. The Morgan fingerprint density at radius 2 is 1.83 bits per heavy atom. The van der Waals surface area contributed by atoms with Crippen LogP contribution in [0.5, 0.6) is 0 Å². The second-order valence-corrected chi connectivity index (χ2v) is 4.94. The highest BCUT2D eigenvalue weighted by Crippen LogP contribution is 2.17. The number of ether oxygens (including phenoxy) is 1. The SMILES string of the molecule is COC(=O)/C(=N/OCc1ccccc1)C(C)(C)C. The fourth-order valence-electron chi connectivity index (χ4n) is 1.32.